The molecule has 0 aliphatic carbocycles. The van der Waals surface area contributed by atoms with Gasteiger partial charge in [0.25, 0.3) is 0 Å². The van der Waals surface area contributed by atoms with Crippen molar-refractivity contribution in [1.82, 2.24) is 0 Å². The van der Waals surface area contributed by atoms with Crippen LogP contribution in [-0.4, -0.2) is 36.1 Å². The summed E-state index contributed by atoms with van der Waals surface area (Å²) < 4.78 is 16.7. The van der Waals surface area contributed by atoms with E-state index in [1.54, 1.807) is 36.4 Å². The summed E-state index contributed by atoms with van der Waals surface area (Å²) in [6.07, 6.45) is -2.28. The van der Waals surface area contributed by atoms with Gasteiger partial charge < -0.3 is 24.3 Å². The highest BCUT2D eigenvalue weighted by Gasteiger charge is 2.42. The first-order valence-electron chi connectivity index (χ1n) is 10.3. The van der Waals surface area contributed by atoms with Crippen molar-refractivity contribution in [2.75, 3.05) is 11.9 Å². The minimum Gasteiger partial charge on any atom is -0.429 e. The highest BCUT2D eigenvalue weighted by molar-refractivity contribution is 5.89. The van der Waals surface area contributed by atoms with Crippen LogP contribution in [0.4, 0.5) is 5.69 Å². The summed E-state index contributed by atoms with van der Waals surface area (Å²) >= 11 is 0. The monoisotopic (exact) mass is 423 g/mol. The van der Waals surface area contributed by atoms with Gasteiger partial charge in [0, 0.05) is 29.8 Å². The lowest BCUT2D eigenvalue weighted by molar-refractivity contribution is -0.245. The molecular formula is C24H25NO6. The van der Waals surface area contributed by atoms with E-state index >= 15 is 0 Å². The molecule has 2 heterocycles. The zero-order chi connectivity index (χ0) is 22.0. The fourth-order valence-corrected chi connectivity index (χ4v) is 3.74. The Morgan fingerprint density at radius 3 is 2.58 bits per heavy atom. The van der Waals surface area contributed by atoms with Crippen molar-refractivity contribution in [2.45, 2.75) is 32.3 Å². The fourth-order valence-electron chi connectivity index (χ4n) is 3.74. The van der Waals surface area contributed by atoms with Crippen LogP contribution in [-0.2, 0) is 9.47 Å². The van der Waals surface area contributed by atoms with E-state index in [-0.39, 0.29) is 17.9 Å². The molecule has 162 valence electrons. The number of benzene rings is 2. The Hall–Kier alpha value is -3.16. The SMILES string of the molecule is C[C@@H]1C(CNc2ccc3ccc(=O)oc3c2)OC(OC(=O)c2ccccc2)C(O)[C@H]1C. The molecule has 2 N–H and O–H groups in total. The van der Waals surface area contributed by atoms with Crippen molar-refractivity contribution in [2.24, 2.45) is 11.8 Å². The van der Waals surface area contributed by atoms with Gasteiger partial charge in [-0.1, -0.05) is 32.0 Å². The van der Waals surface area contributed by atoms with Gasteiger partial charge in [-0.15, -0.1) is 0 Å². The van der Waals surface area contributed by atoms with Crippen LogP contribution in [0, 0.1) is 11.8 Å². The van der Waals surface area contributed by atoms with Gasteiger partial charge in [-0.3, -0.25) is 0 Å². The van der Waals surface area contributed by atoms with Crippen molar-refractivity contribution in [3.05, 3.63) is 76.6 Å². The van der Waals surface area contributed by atoms with Crippen LogP contribution < -0.4 is 10.9 Å². The molecule has 7 nitrogen and oxygen atoms in total. The minimum absolute atomic E-state index is 0.0209. The zero-order valence-electron chi connectivity index (χ0n) is 17.4. The number of rotatable bonds is 5. The Bertz CT molecular complexity index is 1110. The number of carbonyl (C=O) groups is 1. The molecule has 1 aromatic heterocycles. The van der Waals surface area contributed by atoms with Crippen LogP contribution in [0.5, 0.6) is 0 Å². The molecule has 1 aliphatic heterocycles. The first-order chi connectivity index (χ1) is 14.9. The van der Waals surface area contributed by atoms with Gasteiger partial charge >= 0.3 is 11.6 Å². The van der Waals surface area contributed by atoms with Gasteiger partial charge in [0.1, 0.15) is 11.7 Å². The molecule has 0 saturated carbocycles. The Labute approximate surface area is 179 Å². The van der Waals surface area contributed by atoms with Gasteiger partial charge in [-0.05, 0) is 42.2 Å². The predicted octanol–water partition coefficient (Wildman–Crippen LogP) is 3.42. The third-order valence-corrected chi connectivity index (χ3v) is 5.91. The van der Waals surface area contributed by atoms with Crippen LogP contribution >= 0.6 is 0 Å². The molecule has 2 aromatic carbocycles. The smallest absolute Gasteiger partial charge is 0.340 e. The van der Waals surface area contributed by atoms with E-state index in [0.29, 0.717) is 17.7 Å². The van der Waals surface area contributed by atoms with E-state index in [1.807, 2.05) is 32.0 Å². The molecule has 31 heavy (non-hydrogen) atoms. The number of aliphatic hydroxyl groups excluding tert-OH is 1. The molecule has 0 radical (unpaired) electrons. The molecule has 0 amide bonds. The lowest BCUT2D eigenvalue weighted by Gasteiger charge is -2.42. The number of ether oxygens (including phenoxy) is 2. The largest absolute Gasteiger partial charge is 0.429 e. The predicted molar refractivity (Wildman–Crippen MR) is 116 cm³/mol. The molecule has 3 aromatic rings. The second-order valence-electron chi connectivity index (χ2n) is 7.91. The maximum atomic E-state index is 12.4. The summed E-state index contributed by atoms with van der Waals surface area (Å²) in [5.41, 5.74) is 1.26. The number of hydrogen-bond donors (Lipinski definition) is 2. The molecule has 3 unspecified atom stereocenters. The number of esters is 1. The summed E-state index contributed by atoms with van der Waals surface area (Å²) in [5, 5.41) is 14.7. The van der Waals surface area contributed by atoms with E-state index in [4.69, 9.17) is 13.9 Å². The number of fused-ring (bicyclic) bond motifs is 1. The van der Waals surface area contributed by atoms with Crippen LogP contribution in [0.25, 0.3) is 11.0 Å². The van der Waals surface area contributed by atoms with Crippen molar-refractivity contribution in [3.8, 4) is 0 Å². The quantitative estimate of drug-likeness (QED) is 0.479. The lowest BCUT2D eigenvalue weighted by atomic mass is 9.83. The zero-order valence-corrected chi connectivity index (χ0v) is 17.4. The highest BCUT2D eigenvalue weighted by Crippen LogP contribution is 2.32. The van der Waals surface area contributed by atoms with Gasteiger partial charge in [-0.25, -0.2) is 9.59 Å². The van der Waals surface area contributed by atoms with Crippen molar-refractivity contribution >= 4 is 22.6 Å². The molecule has 1 aliphatic rings. The Kier molecular flexibility index (Phi) is 6.06. The van der Waals surface area contributed by atoms with Crippen molar-refractivity contribution in [3.63, 3.8) is 0 Å². The van der Waals surface area contributed by atoms with E-state index in [2.05, 4.69) is 5.32 Å². The second kappa shape index (κ2) is 8.91. The molecular weight excluding hydrogens is 398 g/mol. The summed E-state index contributed by atoms with van der Waals surface area (Å²) in [6, 6.07) is 17.2. The number of nitrogens with one attached hydrogen (secondary N) is 1. The fraction of sp³-hybridized carbons (Fsp3) is 0.333. The molecule has 4 rings (SSSR count). The third kappa shape index (κ3) is 4.62. The van der Waals surface area contributed by atoms with Gasteiger partial charge in [-0.2, -0.15) is 0 Å². The second-order valence-corrected chi connectivity index (χ2v) is 7.91. The first-order valence-corrected chi connectivity index (χ1v) is 10.3. The first kappa shape index (κ1) is 21.1. The van der Waals surface area contributed by atoms with Crippen LogP contribution in [0.2, 0.25) is 0 Å². The highest BCUT2D eigenvalue weighted by atomic mass is 16.7. The van der Waals surface area contributed by atoms with Gasteiger partial charge in [0.15, 0.2) is 0 Å². The average Bonchev–Trinajstić information content (AvgIpc) is 2.78. The molecule has 7 heteroatoms. The van der Waals surface area contributed by atoms with Crippen LogP contribution in [0.1, 0.15) is 24.2 Å². The Morgan fingerprint density at radius 1 is 1.06 bits per heavy atom. The van der Waals surface area contributed by atoms with E-state index in [9.17, 15) is 14.7 Å². The van der Waals surface area contributed by atoms with E-state index < -0.39 is 24.0 Å². The minimum atomic E-state index is -1.06. The molecule has 5 atom stereocenters. The van der Waals surface area contributed by atoms with Crippen molar-refractivity contribution in [1.29, 1.82) is 0 Å². The van der Waals surface area contributed by atoms with E-state index in [0.717, 1.165) is 11.1 Å². The standard InChI is InChI=1S/C24H25NO6/c1-14-15(2)22(27)24(31-23(28)17-6-4-3-5-7-17)30-20(14)13-25-18-10-8-16-9-11-21(26)29-19(16)12-18/h3-12,14-15,20,22,24-25,27H,13H2,1-2H3/t14-,15-,20?,22?,24?/m0/s1. The summed E-state index contributed by atoms with van der Waals surface area (Å²) in [6.45, 7) is 4.34. The topological polar surface area (TPSA) is 98.0 Å². The molecule has 1 fully saturated rings. The molecule has 0 spiro atoms. The summed E-state index contributed by atoms with van der Waals surface area (Å²) in [4.78, 5) is 23.9. The summed E-state index contributed by atoms with van der Waals surface area (Å²) in [7, 11) is 0. The van der Waals surface area contributed by atoms with Crippen LogP contribution in [0.15, 0.2) is 69.9 Å². The average molecular weight is 423 g/mol. The molecule has 0 bridgehead atoms. The van der Waals surface area contributed by atoms with Gasteiger partial charge in [0.2, 0.25) is 6.29 Å². The summed E-state index contributed by atoms with van der Waals surface area (Å²) in [5.74, 6) is -0.654. The van der Waals surface area contributed by atoms with Crippen molar-refractivity contribution < 1.29 is 23.8 Å². The number of hydrogen-bond acceptors (Lipinski definition) is 7. The Balaban J connectivity index is 1.44. The van der Waals surface area contributed by atoms with Crippen LogP contribution in [0.3, 0.4) is 0 Å². The molecule has 1 saturated heterocycles. The van der Waals surface area contributed by atoms with Gasteiger partial charge in [0.05, 0.1) is 11.7 Å². The third-order valence-electron chi connectivity index (χ3n) is 5.91. The number of aliphatic hydroxyl groups is 1. The van der Waals surface area contributed by atoms with E-state index in [1.165, 1.54) is 6.07 Å². The lowest BCUT2D eigenvalue weighted by Crippen LogP contribution is -2.52. The number of anilines is 1. The normalized spacial score (nSPS) is 25.8. The maximum absolute atomic E-state index is 12.4. The maximum Gasteiger partial charge on any atom is 0.340 e. The Morgan fingerprint density at radius 2 is 1.81 bits per heavy atom. The number of carbonyl (C=O) groups excluding carboxylic acids is 1.